The van der Waals surface area contributed by atoms with Gasteiger partial charge in [-0.1, -0.05) is 19.1 Å². The highest BCUT2D eigenvalue weighted by atomic mass is 19.1. The van der Waals surface area contributed by atoms with Crippen LogP contribution in [0.1, 0.15) is 40.2 Å². The molecule has 3 rings (SSSR count). The summed E-state index contributed by atoms with van der Waals surface area (Å²) in [6.45, 7) is 16.1. The lowest BCUT2D eigenvalue weighted by atomic mass is 9.78. The Labute approximate surface area is 151 Å². The third-order valence-electron chi connectivity index (χ3n) is 5.91. The first-order valence-corrected chi connectivity index (χ1v) is 9.30. The molecule has 1 aromatic rings. The van der Waals surface area contributed by atoms with Gasteiger partial charge in [0.15, 0.2) is 0 Å². The van der Waals surface area contributed by atoms with Gasteiger partial charge in [-0.15, -0.1) is 0 Å². The highest BCUT2D eigenvalue weighted by Crippen LogP contribution is 2.36. The van der Waals surface area contributed by atoms with Crippen LogP contribution in [0.5, 0.6) is 0 Å². The predicted molar refractivity (Wildman–Crippen MR) is 99.5 cm³/mol. The fourth-order valence-corrected chi connectivity index (χ4v) is 3.32. The molecule has 0 saturated carbocycles. The smallest absolute Gasteiger partial charge is 0.399 e. The van der Waals surface area contributed by atoms with Crippen molar-refractivity contribution < 1.29 is 13.7 Å². The van der Waals surface area contributed by atoms with Crippen LogP contribution in [-0.4, -0.2) is 60.8 Å². The maximum atomic E-state index is 14.6. The summed E-state index contributed by atoms with van der Waals surface area (Å²) < 4.78 is 26.7. The standard InChI is InChI=1S/C19H30BFN2O2/c1-6-22-9-11-23(12-10-22)14-15-7-8-16(13-17(15)21)20-24-18(2,3)19(4,5)25-20/h7-8,13H,6,9-12,14H2,1-5H3. The summed E-state index contributed by atoms with van der Waals surface area (Å²) in [6, 6.07) is 5.38. The maximum absolute atomic E-state index is 14.6. The molecular weight excluding hydrogens is 318 g/mol. The summed E-state index contributed by atoms with van der Waals surface area (Å²) >= 11 is 0. The van der Waals surface area contributed by atoms with Crippen LogP contribution in [-0.2, 0) is 15.9 Å². The first-order chi connectivity index (χ1) is 11.7. The maximum Gasteiger partial charge on any atom is 0.494 e. The fraction of sp³-hybridized carbons (Fsp3) is 0.684. The van der Waals surface area contributed by atoms with E-state index in [1.165, 1.54) is 0 Å². The van der Waals surface area contributed by atoms with Gasteiger partial charge in [-0.3, -0.25) is 4.90 Å². The van der Waals surface area contributed by atoms with Crippen LogP contribution in [0.15, 0.2) is 18.2 Å². The third-order valence-corrected chi connectivity index (χ3v) is 5.91. The molecule has 25 heavy (non-hydrogen) atoms. The molecule has 0 amide bonds. The average molecular weight is 348 g/mol. The second-order valence-corrected chi connectivity index (χ2v) is 8.15. The van der Waals surface area contributed by atoms with Crippen molar-refractivity contribution in [1.29, 1.82) is 0 Å². The van der Waals surface area contributed by atoms with E-state index in [1.807, 2.05) is 39.8 Å². The number of nitrogens with zero attached hydrogens (tertiary/aromatic N) is 2. The van der Waals surface area contributed by atoms with Crippen molar-refractivity contribution in [3.8, 4) is 0 Å². The SMILES string of the molecule is CCN1CCN(Cc2ccc(B3OC(C)(C)C(C)(C)O3)cc2F)CC1. The van der Waals surface area contributed by atoms with Gasteiger partial charge in [-0.2, -0.15) is 0 Å². The molecule has 1 aromatic carbocycles. The Morgan fingerprint density at radius 1 is 1.00 bits per heavy atom. The van der Waals surface area contributed by atoms with Crippen molar-refractivity contribution in [1.82, 2.24) is 9.80 Å². The van der Waals surface area contributed by atoms with Gasteiger partial charge in [0.05, 0.1) is 11.2 Å². The van der Waals surface area contributed by atoms with Crippen molar-refractivity contribution in [3.05, 3.63) is 29.6 Å². The minimum Gasteiger partial charge on any atom is -0.399 e. The van der Waals surface area contributed by atoms with E-state index < -0.39 is 18.3 Å². The number of likely N-dealkylation sites (N-methyl/N-ethyl adjacent to an activating group) is 1. The highest BCUT2D eigenvalue weighted by molar-refractivity contribution is 6.62. The molecule has 2 aliphatic rings. The second-order valence-electron chi connectivity index (χ2n) is 8.15. The van der Waals surface area contributed by atoms with Crippen LogP contribution in [0.2, 0.25) is 0 Å². The quantitative estimate of drug-likeness (QED) is 0.780. The molecule has 138 valence electrons. The minimum atomic E-state index is -0.512. The number of benzene rings is 1. The van der Waals surface area contributed by atoms with Crippen LogP contribution < -0.4 is 5.46 Å². The third kappa shape index (κ3) is 3.92. The number of hydrogen-bond donors (Lipinski definition) is 0. The van der Waals surface area contributed by atoms with Gasteiger partial charge in [0.1, 0.15) is 5.82 Å². The molecule has 2 heterocycles. The zero-order valence-electron chi connectivity index (χ0n) is 16.1. The van der Waals surface area contributed by atoms with Crippen molar-refractivity contribution in [3.63, 3.8) is 0 Å². The summed E-state index contributed by atoms with van der Waals surface area (Å²) in [4.78, 5) is 4.74. The molecule has 0 aliphatic carbocycles. The van der Waals surface area contributed by atoms with Crippen molar-refractivity contribution in [2.45, 2.75) is 52.4 Å². The molecule has 0 unspecified atom stereocenters. The summed E-state index contributed by atoms with van der Waals surface area (Å²) in [5, 5.41) is 0. The van der Waals surface area contributed by atoms with Gasteiger partial charge in [0.2, 0.25) is 0 Å². The first-order valence-electron chi connectivity index (χ1n) is 9.30. The number of rotatable bonds is 4. The molecule has 0 spiro atoms. The predicted octanol–water partition coefficient (Wildman–Crippen LogP) is 2.26. The largest absolute Gasteiger partial charge is 0.494 e. The molecule has 0 bridgehead atoms. The van der Waals surface area contributed by atoms with Crippen LogP contribution in [0, 0.1) is 5.82 Å². The Morgan fingerprint density at radius 2 is 1.56 bits per heavy atom. The van der Waals surface area contributed by atoms with Gasteiger partial charge < -0.3 is 14.2 Å². The van der Waals surface area contributed by atoms with Gasteiger partial charge in [-0.25, -0.2) is 4.39 Å². The fourth-order valence-electron chi connectivity index (χ4n) is 3.32. The van der Waals surface area contributed by atoms with E-state index in [-0.39, 0.29) is 5.82 Å². The van der Waals surface area contributed by atoms with Crippen LogP contribution in [0.3, 0.4) is 0 Å². The van der Waals surface area contributed by atoms with E-state index in [0.29, 0.717) is 6.54 Å². The zero-order valence-corrected chi connectivity index (χ0v) is 16.1. The summed E-state index contributed by atoms with van der Waals surface area (Å²) in [6.07, 6.45) is 0. The van der Waals surface area contributed by atoms with Crippen LogP contribution in [0.25, 0.3) is 0 Å². The number of halogens is 1. The van der Waals surface area contributed by atoms with Gasteiger partial charge >= 0.3 is 7.12 Å². The monoisotopic (exact) mass is 348 g/mol. The topological polar surface area (TPSA) is 24.9 Å². The normalized spacial score (nSPS) is 24.0. The first kappa shape index (κ1) is 18.8. The van der Waals surface area contributed by atoms with E-state index in [1.54, 1.807) is 6.07 Å². The molecule has 4 nitrogen and oxygen atoms in total. The average Bonchev–Trinajstić information content (AvgIpc) is 2.78. The molecule has 0 atom stereocenters. The lowest BCUT2D eigenvalue weighted by Gasteiger charge is -2.34. The Hall–Kier alpha value is -0.945. The molecular formula is C19H30BFN2O2. The molecule has 2 aliphatic heterocycles. The second kappa shape index (κ2) is 6.99. The minimum absolute atomic E-state index is 0.176. The van der Waals surface area contributed by atoms with E-state index in [4.69, 9.17) is 9.31 Å². The van der Waals surface area contributed by atoms with E-state index in [9.17, 15) is 4.39 Å². The molecule has 0 N–H and O–H groups in total. The molecule has 0 aromatic heterocycles. The molecule has 0 radical (unpaired) electrons. The Morgan fingerprint density at radius 3 is 2.08 bits per heavy atom. The Kier molecular flexibility index (Phi) is 5.27. The Balaban J connectivity index is 1.66. The van der Waals surface area contributed by atoms with Crippen LogP contribution in [0.4, 0.5) is 4.39 Å². The van der Waals surface area contributed by atoms with E-state index >= 15 is 0 Å². The lowest BCUT2D eigenvalue weighted by molar-refractivity contribution is 0.00578. The van der Waals surface area contributed by atoms with E-state index in [2.05, 4.69) is 16.7 Å². The Bertz CT molecular complexity index is 599. The molecule has 2 saturated heterocycles. The summed E-state index contributed by atoms with van der Waals surface area (Å²) in [5.74, 6) is -0.176. The van der Waals surface area contributed by atoms with Crippen molar-refractivity contribution in [2.24, 2.45) is 0 Å². The van der Waals surface area contributed by atoms with Crippen molar-refractivity contribution in [2.75, 3.05) is 32.7 Å². The van der Waals surface area contributed by atoms with Crippen LogP contribution >= 0.6 is 0 Å². The summed E-state index contributed by atoms with van der Waals surface area (Å²) in [7, 11) is -0.512. The van der Waals surface area contributed by atoms with Crippen molar-refractivity contribution >= 4 is 12.6 Å². The lowest BCUT2D eigenvalue weighted by Crippen LogP contribution is -2.45. The molecule has 6 heteroatoms. The summed E-state index contributed by atoms with van der Waals surface area (Å²) in [5.41, 5.74) is 0.665. The number of hydrogen-bond acceptors (Lipinski definition) is 4. The zero-order chi connectivity index (χ0) is 18.2. The van der Waals surface area contributed by atoms with Gasteiger partial charge in [0, 0.05) is 38.3 Å². The van der Waals surface area contributed by atoms with E-state index in [0.717, 1.165) is 43.8 Å². The molecule has 2 fully saturated rings. The highest BCUT2D eigenvalue weighted by Gasteiger charge is 2.51. The van der Waals surface area contributed by atoms with Gasteiger partial charge in [0.25, 0.3) is 0 Å². The van der Waals surface area contributed by atoms with Gasteiger partial charge in [-0.05, 0) is 45.8 Å². The number of piperazine rings is 1.